The van der Waals surface area contributed by atoms with E-state index in [0.29, 0.717) is 50.4 Å². The summed E-state index contributed by atoms with van der Waals surface area (Å²) in [4.78, 5) is 88.8. The molecule has 0 spiro atoms. The number of carbonyl (C=O) groups excluding carboxylic acids is 6. The maximum atomic E-state index is 14.7. The predicted octanol–water partition coefficient (Wildman–Crippen LogP) is 7.12. The van der Waals surface area contributed by atoms with Gasteiger partial charge in [0.2, 0.25) is 23.6 Å². The number of amidine groups is 1. The van der Waals surface area contributed by atoms with Gasteiger partial charge in [-0.05, 0) is 95.6 Å². The Labute approximate surface area is 390 Å². The van der Waals surface area contributed by atoms with Gasteiger partial charge >= 0.3 is 12.1 Å². The molecule has 5 amide bonds. The van der Waals surface area contributed by atoms with Crippen molar-refractivity contribution in [2.24, 2.45) is 28.7 Å². The minimum Gasteiger partial charge on any atom is -0.460 e. The van der Waals surface area contributed by atoms with Crippen LogP contribution in [0.3, 0.4) is 0 Å². The normalized spacial score (nSPS) is 18.5. The van der Waals surface area contributed by atoms with Crippen molar-refractivity contribution < 1.29 is 38.2 Å². The summed E-state index contributed by atoms with van der Waals surface area (Å²) in [6, 6.07) is 16.1. The number of likely N-dealkylation sites (tertiary alicyclic amines) is 1. The van der Waals surface area contributed by atoms with Gasteiger partial charge in [-0.2, -0.15) is 0 Å². The van der Waals surface area contributed by atoms with E-state index in [1.807, 2.05) is 108 Å². The molecule has 2 heterocycles. The predicted molar refractivity (Wildman–Crippen MR) is 256 cm³/mol. The first-order valence-corrected chi connectivity index (χ1v) is 24.0. The third-order valence-corrected chi connectivity index (χ3v) is 12.3. The van der Waals surface area contributed by atoms with E-state index in [0.717, 1.165) is 23.1 Å². The van der Waals surface area contributed by atoms with Crippen LogP contribution >= 0.6 is 11.8 Å². The zero-order chi connectivity index (χ0) is 47.7. The summed E-state index contributed by atoms with van der Waals surface area (Å²) in [5.41, 5.74) is 1.84. The smallest absolute Gasteiger partial charge is 0.407 e. The van der Waals surface area contributed by atoms with Gasteiger partial charge in [-0.3, -0.25) is 29.0 Å². The Morgan fingerprint density at radius 3 is 2.18 bits per heavy atom. The Balaban J connectivity index is 1.49. The topological polar surface area (TPSA) is 185 Å². The lowest BCUT2D eigenvalue weighted by Gasteiger charge is -2.31. The van der Waals surface area contributed by atoms with Crippen LogP contribution in [0, 0.1) is 23.7 Å². The number of thioether (sulfide) groups is 1. The Kier molecular flexibility index (Phi) is 20.6. The molecule has 2 aromatic carbocycles. The summed E-state index contributed by atoms with van der Waals surface area (Å²) in [7, 11) is 0. The van der Waals surface area contributed by atoms with Gasteiger partial charge in [0, 0.05) is 24.9 Å². The van der Waals surface area contributed by atoms with E-state index in [4.69, 9.17) is 9.47 Å². The molecule has 0 saturated carbocycles. The zero-order valence-electron chi connectivity index (χ0n) is 39.8. The van der Waals surface area contributed by atoms with Crippen LogP contribution in [0.2, 0.25) is 0 Å². The number of aliphatic imine (C=N–C) groups is 1. The molecule has 0 aromatic heterocycles. The highest BCUT2D eigenvalue weighted by Gasteiger charge is 2.40. The lowest BCUT2D eigenvalue weighted by molar-refractivity contribution is -0.159. The number of rotatable bonds is 20. The molecule has 1 saturated heterocycles. The fourth-order valence-electron chi connectivity index (χ4n) is 7.83. The van der Waals surface area contributed by atoms with E-state index in [9.17, 15) is 28.8 Å². The van der Waals surface area contributed by atoms with Crippen LogP contribution in [0.25, 0.3) is 0 Å². The molecule has 2 aliphatic rings. The number of alkyl carbamates (subject to hydrolysis) is 1. The number of nitrogens with one attached hydrogen (secondary N) is 4. The number of benzene rings is 2. The van der Waals surface area contributed by atoms with Crippen molar-refractivity contribution in [1.29, 1.82) is 0 Å². The fraction of sp³-hybridized carbons (Fsp3) is 0.580. The fourth-order valence-corrected chi connectivity index (χ4v) is 8.76. The summed E-state index contributed by atoms with van der Waals surface area (Å²) in [5, 5.41) is 12.1. The number of nitrogens with zero attached hydrogens (tertiary/aromatic N) is 2. The molecule has 2 aromatic rings. The van der Waals surface area contributed by atoms with E-state index in [1.165, 1.54) is 11.8 Å². The third kappa shape index (κ3) is 17.6. The van der Waals surface area contributed by atoms with Crippen molar-refractivity contribution in [3.05, 3.63) is 83.4 Å². The van der Waals surface area contributed by atoms with Gasteiger partial charge in [0.25, 0.3) is 0 Å². The first kappa shape index (κ1) is 52.4. The van der Waals surface area contributed by atoms with Crippen LogP contribution < -0.4 is 21.3 Å². The molecule has 65 heavy (non-hydrogen) atoms. The van der Waals surface area contributed by atoms with E-state index in [1.54, 1.807) is 18.7 Å². The lowest BCUT2D eigenvalue weighted by Crippen LogP contribution is -2.58. The molecule has 4 rings (SSSR count). The minimum atomic E-state index is -1.03. The molecule has 4 N–H and O–H groups in total. The monoisotopic (exact) mass is 917 g/mol. The summed E-state index contributed by atoms with van der Waals surface area (Å²) in [6.07, 6.45) is 4.57. The standard InChI is InChI=1S/C50H72N6O8S/c1-32(2)28-39(47(61)64-50(7,8)9)34(5)29-38(30-36-18-12-10-13-19-36)46(60)56-27-17-23-41(56)44(58)54-42(33(3)4)45(59)53-40(43(57)55-48-51-26-24-35(6)65-48)22-16-25-52-49(62)63-31-37-20-14-11-15-21-37/h10-15,18-21,29,32-33,35,38-42H,16-17,22-28,30-31H2,1-9H3,(H,52,62)(H,53,59)(H,54,58)(H,51,55,57)/b34-29+/t35?,38-,39+,40+,41+,42+/m1/s1. The average molecular weight is 917 g/mol. The number of hydrogen-bond acceptors (Lipinski definition) is 10. The summed E-state index contributed by atoms with van der Waals surface area (Å²) >= 11 is 1.45. The van der Waals surface area contributed by atoms with Crippen molar-refractivity contribution in [2.75, 3.05) is 19.6 Å². The molecule has 1 unspecified atom stereocenters. The Morgan fingerprint density at radius 1 is 0.908 bits per heavy atom. The van der Waals surface area contributed by atoms with Gasteiger partial charge < -0.3 is 35.6 Å². The summed E-state index contributed by atoms with van der Waals surface area (Å²) in [6.45, 7) is 18.4. The molecule has 15 heteroatoms. The van der Waals surface area contributed by atoms with Crippen molar-refractivity contribution in [3.8, 4) is 0 Å². The van der Waals surface area contributed by atoms with Gasteiger partial charge in [0.05, 0.1) is 11.8 Å². The van der Waals surface area contributed by atoms with Crippen LogP contribution in [0.15, 0.2) is 77.3 Å². The summed E-state index contributed by atoms with van der Waals surface area (Å²) in [5.74, 6) is -3.47. The molecule has 14 nitrogen and oxygen atoms in total. The highest BCUT2D eigenvalue weighted by Crippen LogP contribution is 2.29. The highest BCUT2D eigenvalue weighted by atomic mass is 32.2. The number of ether oxygens (including phenoxy) is 2. The van der Waals surface area contributed by atoms with Crippen LogP contribution in [0.4, 0.5) is 4.79 Å². The molecule has 0 radical (unpaired) electrons. The minimum absolute atomic E-state index is 0.112. The van der Waals surface area contributed by atoms with E-state index in [-0.39, 0.29) is 48.5 Å². The molecular weight excluding hydrogens is 845 g/mol. The van der Waals surface area contributed by atoms with E-state index in [2.05, 4.69) is 33.2 Å². The lowest BCUT2D eigenvalue weighted by atomic mass is 9.86. The molecular formula is C50H72N6O8S. The maximum Gasteiger partial charge on any atom is 0.407 e. The van der Waals surface area contributed by atoms with Crippen LogP contribution in [0.5, 0.6) is 0 Å². The first-order valence-electron chi connectivity index (χ1n) is 23.1. The Bertz CT molecular complexity index is 1970. The van der Waals surface area contributed by atoms with Crippen LogP contribution in [-0.2, 0) is 46.5 Å². The van der Waals surface area contributed by atoms with Crippen LogP contribution in [0.1, 0.15) is 112 Å². The Morgan fingerprint density at radius 2 is 1.57 bits per heavy atom. The second kappa shape index (κ2) is 25.5. The molecule has 0 aliphatic carbocycles. The molecule has 6 atom stereocenters. The van der Waals surface area contributed by atoms with E-state index >= 15 is 0 Å². The number of esters is 1. The molecule has 1 fully saturated rings. The van der Waals surface area contributed by atoms with Crippen LogP contribution in [-0.4, -0.2) is 94.4 Å². The van der Waals surface area contributed by atoms with Crippen molar-refractivity contribution >= 4 is 52.6 Å². The van der Waals surface area contributed by atoms with Gasteiger partial charge in [0.15, 0.2) is 5.17 Å². The highest BCUT2D eigenvalue weighted by molar-refractivity contribution is 8.14. The zero-order valence-corrected chi connectivity index (χ0v) is 40.6. The third-order valence-electron chi connectivity index (χ3n) is 11.2. The Hall–Kier alpha value is -5.18. The number of carbonyl (C=O) groups is 6. The number of amides is 5. The maximum absolute atomic E-state index is 14.7. The van der Waals surface area contributed by atoms with Gasteiger partial charge in [-0.15, -0.1) is 0 Å². The quantitative estimate of drug-likeness (QED) is 0.0611. The second-order valence-corrected chi connectivity index (χ2v) is 20.4. The van der Waals surface area contributed by atoms with Crippen molar-refractivity contribution in [2.45, 2.75) is 143 Å². The molecule has 0 bridgehead atoms. The summed E-state index contributed by atoms with van der Waals surface area (Å²) < 4.78 is 11.1. The second-order valence-electron chi connectivity index (χ2n) is 18.9. The van der Waals surface area contributed by atoms with Gasteiger partial charge in [0.1, 0.15) is 30.3 Å². The first-order chi connectivity index (χ1) is 30.8. The van der Waals surface area contributed by atoms with Gasteiger partial charge in [-0.25, -0.2) is 4.79 Å². The SMILES string of the molecule is C/C(=C\[C@H](Cc1ccccc1)C(=O)N1CCC[C@H]1C(=O)N[C@H](C(=O)N[C@@H](CCCNC(=O)OCc1ccccc1)C(=O)NC1=NCCC(C)S1)C(C)C)[C@H](CC(C)C)C(=O)OC(C)(C)C. The molecule has 2 aliphatic heterocycles. The molecule has 356 valence electrons. The van der Waals surface area contributed by atoms with Crippen molar-refractivity contribution in [1.82, 2.24) is 26.2 Å². The largest absolute Gasteiger partial charge is 0.460 e. The average Bonchev–Trinajstić information content (AvgIpc) is 3.75. The van der Waals surface area contributed by atoms with E-state index < -0.39 is 59.4 Å². The van der Waals surface area contributed by atoms with Crippen molar-refractivity contribution in [3.63, 3.8) is 0 Å². The number of hydrogen-bond donors (Lipinski definition) is 4. The van der Waals surface area contributed by atoms with Gasteiger partial charge in [-0.1, -0.05) is 119 Å².